The van der Waals surface area contributed by atoms with E-state index in [-0.39, 0.29) is 23.5 Å². The fourth-order valence-electron chi connectivity index (χ4n) is 3.93. The average molecular weight is 367 g/mol. The summed E-state index contributed by atoms with van der Waals surface area (Å²) in [5, 5.41) is 6.98. The molecule has 3 heterocycles. The summed E-state index contributed by atoms with van der Waals surface area (Å²) in [6.45, 7) is 3.79. The number of likely N-dealkylation sites (tertiary alicyclic amines) is 1. The minimum Gasteiger partial charge on any atom is -0.360 e. The number of rotatable bonds is 4. The van der Waals surface area contributed by atoms with Gasteiger partial charge in [-0.2, -0.15) is 0 Å². The van der Waals surface area contributed by atoms with Crippen LogP contribution in [0.3, 0.4) is 0 Å². The molecule has 1 saturated carbocycles. The maximum absolute atomic E-state index is 12.4. The van der Waals surface area contributed by atoms with Crippen molar-refractivity contribution in [3.63, 3.8) is 0 Å². The molecule has 3 fully saturated rings. The first kappa shape index (κ1) is 17.0. The highest BCUT2D eigenvalue weighted by molar-refractivity contribution is 7.91. The van der Waals surface area contributed by atoms with E-state index in [2.05, 4.69) is 22.3 Å². The molecule has 25 heavy (non-hydrogen) atoms. The second kappa shape index (κ2) is 6.39. The van der Waals surface area contributed by atoms with Crippen molar-refractivity contribution in [3.8, 4) is 0 Å². The lowest BCUT2D eigenvalue weighted by Gasteiger charge is -2.30. The monoisotopic (exact) mass is 367 g/mol. The quantitative estimate of drug-likeness (QED) is 0.859. The highest BCUT2D eigenvalue weighted by atomic mass is 32.2. The lowest BCUT2D eigenvalue weighted by Crippen LogP contribution is -2.43. The van der Waals surface area contributed by atoms with Crippen molar-refractivity contribution >= 4 is 15.7 Å². The molecule has 1 aromatic heterocycles. The molecule has 1 aromatic rings. The highest BCUT2D eigenvalue weighted by Gasteiger charge is 2.37. The number of sulfone groups is 1. The van der Waals surface area contributed by atoms with Crippen LogP contribution in [-0.2, 0) is 9.84 Å². The third kappa shape index (κ3) is 3.74. The number of nitrogens with one attached hydrogen (secondary N) is 1. The zero-order valence-electron chi connectivity index (χ0n) is 14.5. The van der Waals surface area contributed by atoms with Gasteiger partial charge in [-0.25, -0.2) is 8.42 Å². The van der Waals surface area contributed by atoms with Gasteiger partial charge in [0.15, 0.2) is 5.69 Å². The fraction of sp³-hybridized carbons (Fsp3) is 0.765. The molecular weight excluding hydrogens is 342 g/mol. The van der Waals surface area contributed by atoms with Crippen molar-refractivity contribution in [2.24, 2.45) is 5.92 Å². The Morgan fingerprint density at radius 3 is 2.64 bits per heavy atom. The van der Waals surface area contributed by atoms with Crippen molar-refractivity contribution in [2.75, 3.05) is 24.6 Å². The van der Waals surface area contributed by atoms with Crippen LogP contribution < -0.4 is 5.32 Å². The topological polar surface area (TPSA) is 92.5 Å². The minimum atomic E-state index is -2.84. The predicted molar refractivity (Wildman–Crippen MR) is 92.1 cm³/mol. The fourth-order valence-corrected chi connectivity index (χ4v) is 5.40. The molecule has 1 aliphatic carbocycles. The van der Waals surface area contributed by atoms with Gasteiger partial charge in [0.25, 0.3) is 5.91 Å². The van der Waals surface area contributed by atoms with Gasteiger partial charge >= 0.3 is 0 Å². The zero-order valence-corrected chi connectivity index (χ0v) is 15.3. The van der Waals surface area contributed by atoms with Crippen molar-refractivity contribution in [1.82, 2.24) is 15.4 Å². The van der Waals surface area contributed by atoms with Gasteiger partial charge in [-0.15, -0.1) is 0 Å². The number of hydrogen-bond acceptors (Lipinski definition) is 6. The summed E-state index contributed by atoms with van der Waals surface area (Å²) < 4.78 is 28.5. The van der Waals surface area contributed by atoms with Crippen molar-refractivity contribution in [1.29, 1.82) is 0 Å². The van der Waals surface area contributed by atoms with Gasteiger partial charge < -0.3 is 9.84 Å². The molecule has 1 amide bonds. The van der Waals surface area contributed by atoms with Gasteiger partial charge in [0.1, 0.15) is 15.6 Å². The number of hydrogen-bond donors (Lipinski definition) is 1. The Labute approximate surface area is 148 Å². The largest absolute Gasteiger partial charge is 0.360 e. The summed E-state index contributed by atoms with van der Waals surface area (Å²) in [4.78, 5) is 14.8. The van der Waals surface area contributed by atoms with E-state index in [1.807, 2.05) is 0 Å². The standard InChI is InChI=1S/C17H25N3O4S/c1-11-9-20(13-4-6-25(22,23)7-5-13)10-15(11)18-17(21)14-8-16(24-19-14)12-2-3-12/h8,11-13,15H,2-7,9-10H2,1H3,(H,18,21)/t11-,15+/m1/s1. The van der Waals surface area contributed by atoms with E-state index in [1.54, 1.807) is 6.07 Å². The summed E-state index contributed by atoms with van der Waals surface area (Å²) in [5.74, 6) is 1.97. The Morgan fingerprint density at radius 2 is 1.96 bits per heavy atom. The molecule has 0 unspecified atom stereocenters. The molecule has 0 spiro atoms. The van der Waals surface area contributed by atoms with Gasteiger partial charge in [0, 0.05) is 37.2 Å². The van der Waals surface area contributed by atoms with Crippen molar-refractivity contribution in [2.45, 2.75) is 50.6 Å². The van der Waals surface area contributed by atoms with E-state index in [1.165, 1.54) is 0 Å². The summed E-state index contributed by atoms with van der Waals surface area (Å²) in [5.41, 5.74) is 0.358. The van der Waals surface area contributed by atoms with Crippen LogP contribution in [0.5, 0.6) is 0 Å². The van der Waals surface area contributed by atoms with Crippen LogP contribution >= 0.6 is 0 Å². The first-order chi connectivity index (χ1) is 11.9. The van der Waals surface area contributed by atoms with Crippen LogP contribution in [0.25, 0.3) is 0 Å². The number of nitrogens with zero attached hydrogens (tertiary/aromatic N) is 2. The average Bonchev–Trinajstić information content (AvgIpc) is 3.18. The predicted octanol–water partition coefficient (Wildman–Crippen LogP) is 1.18. The third-order valence-corrected chi connectivity index (χ3v) is 7.45. The number of amides is 1. The van der Waals surface area contributed by atoms with Crippen LogP contribution in [0.15, 0.2) is 10.6 Å². The molecule has 138 valence electrons. The molecule has 2 saturated heterocycles. The molecule has 2 aliphatic heterocycles. The number of carbonyl (C=O) groups excluding carboxylic acids is 1. The normalized spacial score (nSPS) is 30.4. The molecule has 4 rings (SSSR count). The Morgan fingerprint density at radius 1 is 1.24 bits per heavy atom. The molecule has 0 aromatic carbocycles. The Bertz CT molecular complexity index is 742. The lowest BCUT2D eigenvalue weighted by molar-refractivity contribution is 0.0921. The number of aromatic nitrogens is 1. The van der Waals surface area contributed by atoms with Gasteiger partial charge in [-0.1, -0.05) is 12.1 Å². The van der Waals surface area contributed by atoms with Crippen LogP contribution in [0.2, 0.25) is 0 Å². The smallest absolute Gasteiger partial charge is 0.273 e. The van der Waals surface area contributed by atoms with Gasteiger partial charge in [0.05, 0.1) is 11.5 Å². The van der Waals surface area contributed by atoms with Crippen molar-refractivity contribution in [3.05, 3.63) is 17.5 Å². The van der Waals surface area contributed by atoms with Crippen LogP contribution in [-0.4, -0.2) is 61.1 Å². The first-order valence-corrected chi connectivity index (χ1v) is 11.0. The van der Waals surface area contributed by atoms with E-state index >= 15 is 0 Å². The SMILES string of the molecule is C[C@@H]1CN(C2CCS(=O)(=O)CC2)C[C@@H]1NC(=O)c1cc(C2CC2)on1. The zero-order chi connectivity index (χ0) is 17.6. The van der Waals surface area contributed by atoms with Crippen LogP contribution in [0.4, 0.5) is 0 Å². The molecule has 3 aliphatic rings. The molecular formula is C17H25N3O4S. The van der Waals surface area contributed by atoms with E-state index in [0.717, 1.165) is 31.7 Å². The minimum absolute atomic E-state index is 0.0621. The summed E-state index contributed by atoms with van der Waals surface area (Å²) >= 11 is 0. The van der Waals surface area contributed by atoms with Crippen LogP contribution in [0.1, 0.15) is 54.8 Å². The van der Waals surface area contributed by atoms with Gasteiger partial charge in [0.2, 0.25) is 0 Å². The molecule has 2 atom stereocenters. The number of carbonyl (C=O) groups is 1. The van der Waals surface area contributed by atoms with E-state index in [4.69, 9.17) is 4.52 Å². The molecule has 0 bridgehead atoms. The summed E-state index contributed by atoms with van der Waals surface area (Å²) in [6, 6.07) is 2.13. The maximum atomic E-state index is 12.4. The molecule has 0 radical (unpaired) electrons. The second-order valence-electron chi connectivity index (χ2n) is 7.78. The first-order valence-electron chi connectivity index (χ1n) is 9.13. The van der Waals surface area contributed by atoms with Gasteiger partial charge in [-0.05, 0) is 31.6 Å². The summed E-state index contributed by atoms with van der Waals surface area (Å²) in [6.07, 6.45) is 3.62. The third-order valence-electron chi connectivity index (χ3n) is 5.74. The Kier molecular flexibility index (Phi) is 4.35. The molecule has 7 nitrogen and oxygen atoms in total. The molecule has 1 N–H and O–H groups in total. The van der Waals surface area contributed by atoms with Crippen molar-refractivity contribution < 1.29 is 17.7 Å². The van der Waals surface area contributed by atoms with Crippen LogP contribution in [0, 0.1) is 5.92 Å². The molecule has 8 heteroatoms. The maximum Gasteiger partial charge on any atom is 0.273 e. The van der Waals surface area contributed by atoms with E-state index in [0.29, 0.717) is 36.4 Å². The van der Waals surface area contributed by atoms with Gasteiger partial charge in [-0.3, -0.25) is 9.69 Å². The summed E-state index contributed by atoms with van der Waals surface area (Å²) in [7, 11) is -2.84. The second-order valence-corrected chi connectivity index (χ2v) is 10.1. The Balaban J connectivity index is 1.34. The Hall–Kier alpha value is -1.41. The highest BCUT2D eigenvalue weighted by Crippen LogP contribution is 2.40. The van der Waals surface area contributed by atoms with E-state index < -0.39 is 9.84 Å². The lowest BCUT2D eigenvalue weighted by atomic mass is 10.1. The van der Waals surface area contributed by atoms with E-state index in [9.17, 15) is 13.2 Å².